The number of hydrogen-bond acceptors (Lipinski definition) is 5. The number of halogens is 4. The van der Waals surface area contributed by atoms with Crippen molar-refractivity contribution in [1.29, 1.82) is 0 Å². The van der Waals surface area contributed by atoms with Gasteiger partial charge in [-0.2, -0.15) is 18.3 Å². The summed E-state index contributed by atoms with van der Waals surface area (Å²) in [6.45, 7) is 3.62. The number of nitrogens with zero attached hydrogens (tertiary/aromatic N) is 3. The minimum Gasteiger partial charge on any atom is -0.397 e. The summed E-state index contributed by atoms with van der Waals surface area (Å²) in [6, 6.07) is 6.83. The predicted octanol–water partition coefficient (Wildman–Crippen LogP) is 4.08. The zero-order valence-corrected chi connectivity index (χ0v) is 18.0. The number of hydrogen-bond donors (Lipinski definition) is 3. The smallest absolute Gasteiger partial charge is 0.397 e. The van der Waals surface area contributed by atoms with Crippen LogP contribution in [0.1, 0.15) is 32.7 Å². The molecule has 0 saturated carbocycles. The highest BCUT2D eigenvalue weighted by Crippen LogP contribution is 2.33. The Hall–Kier alpha value is -3.86. The number of benzene rings is 2. The van der Waals surface area contributed by atoms with E-state index in [0.29, 0.717) is 29.1 Å². The Morgan fingerprint density at radius 1 is 1.18 bits per heavy atom. The van der Waals surface area contributed by atoms with Gasteiger partial charge in [0.05, 0.1) is 23.1 Å². The number of aryl methyl sites for hydroxylation is 2. The van der Waals surface area contributed by atoms with Crippen LogP contribution in [-0.2, 0) is 13.2 Å². The molecular weight excluding hydrogens is 440 g/mol. The van der Waals surface area contributed by atoms with Crippen LogP contribution in [0.2, 0.25) is 0 Å². The molecule has 3 aromatic rings. The first-order valence-corrected chi connectivity index (χ1v) is 9.67. The molecule has 0 bridgehead atoms. The quantitative estimate of drug-likeness (QED) is 0.301. The van der Waals surface area contributed by atoms with Crippen LogP contribution < -0.4 is 21.9 Å². The fourth-order valence-electron chi connectivity index (χ4n) is 3.12. The van der Waals surface area contributed by atoms with Crippen molar-refractivity contribution in [3.8, 4) is 0 Å². The fourth-order valence-corrected chi connectivity index (χ4v) is 3.12. The van der Waals surface area contributed by atoms with Crippen molar-refractivity contribution in [2.45, 2.75) is 20.0 Å². The molecule has 0 atom stereocenters. The molecule has 0 saturated heterocycles. The van der Waals surface area contributed by atoms with Gasteiger partial charge in [0.15, 0.2) is 0 Å². The van der Waals surface area contributed by atoms with Crippen LogP contribution in [0.3, 0.4) is 0 Å². The summed E-state index contributed by atoms with van der Waals surface area (Å²) in [4.78, 5) is 12.6. The number of alkyl halides is 3. The lowest BCUT2D eigenvalue weighted by molar-refractivity contribution is -0.139. The first-order valence-electron chi connectivity index (χ1n) is 9.67. The number of aromatic nitrogens is 2. The van der Waals surface area contributed by atoms with E-state index in [4.69, 9.17) is 11.6 Å². The van der Waals surface area contributed by atoms with Gasteiger partial charge in [0, 0.05) is 35.8 Å². The molecule has 1 amide bonds. The number of anilines is 2. The second kappa shape index (κ2) is 8.94. The third-order valence-corrected chi connectivity index (χ3v) is 5.10. The van der Waals surface area contributed by atoms with Crippen molar-refractivity contribution in [2.24, 2.45) is 18.6 Å². The lowest BCUT2D eigenvalue weighted by Crippen LogP contribution is -2.27. The summed E-state index contributed by atoms with van der Waals surface area (Å²) >= 11 is 0. The minimum atomic E-state index is -4.89. The summed E-state index contributed by atoms with van der Waals surface area (Å²) in [7, 11) is 1.78. The molecule has 7 nitrogen and oxygen atoms in total. The van der Waals surface area contributed by atoms with E-state index in [-0.39, 0.29) is 11.3 Å². The van der Waals surface area contributed by atoms with Crippen LogP contribution >= 0.6 is 0 Å². The Kier molecular flexibility index (Phi) is 6.45. The number of rotatable bonds is 5. The van der Waals surface area contributed by atoms with Gasteiger partial charge in [-0.25, -0.2) is 10.2 Å². The topological polar surface area (TPSA) is 102 Å². The number of nitrogens with two attached hydrogens (primary N) is 2. The van der Waals surface area contributed by atoms with Gasteiger partial charge >= 0.3 is 6.18 Å². The molecule has 5 N–H and O–H groups in total. The SMILES string of the molecule is Cc1ccc(C(=O)Nc2ccc(F)c(C(F)(F)F)c2)cc1N(N)/C=C(\N)c1cnn(C)c1C. The van der Waals surface area contributed by atoms with E-state index < -0.39 is 23.5 Å². The molecule has 0 fully saturated rings. The van der Waals surface area contributed by atoms with Crippen molar-refractivity contribution >= 4 is 23.0 Å². The van der Waals surface area contributed by atoms with Gasteiger partial charge in [0.2, 0.25) is 0 Å². The van der Waals surface area contributed by atoms with Crippen LogP contribution in [0.4, 0.5) is 28.9 Å². The number of nitrogens with one attached hydrogen (secondary N) is 1. The Labute approximate surface area is 187 Å². The highest BCUT2D eigenvalue weighted by atomic mass is 19.4. The van der Waals surface area contributed by atoms with Gasteiger partial charge in [0.1, 0.15) is 5.82 Å². The minimum absolute atomic E-state index is 0.133. The molecule has 0 aliphatic rings. The van der Waals surface area contributed by atoms with Gasteiger partial charge in [-0.05, 0) is 49.7 Å². The van der Waals surface area contributed by atoms with Gasteiger partial charge < -0.3 is 11.1 Å². The van der Waals surface area contributed by atoms with Crippen molar-refractivity contribution < 1.29 is 22.4 Å². The molecule has 0 aliphatic heterocycles. The summed E-state index contributed by atoms with van der Waals surface area (Å²) < 4.78 is 54.0. The molecule has 3 rings (SSSR count). The monoisotopic (exact) mass is 462 g/mol. The molecular formula is C22H22F4N6O. The van der Waals surface area contributed by atoms with Gasteiger partial charge in [-0.15, -0.1) is 0 Å². The number of carbonyl (C=O) groups excluding carboxylic acids is 1. The van der Waals surface area contributed by atoms with Crippen LogP contribution in [-0.4, -0.2) is 15.7 Å². The molecule has 0 unspecified atom stereocenters. The van der Waals surface area contributed by atoms with E-state index in [1.54, 1.807) is 30.9 Å². The van der Waals surface area contributed by atoms with Gasteiger partial charge in [-0.3, -0.25) is 14.5 Å². The van der Waals surface area contributed by atoms with Gasteiger partial charge in [0.25, 0.3) is 5.91 Å². The van der Waals surface area contributed by atoms with Crippen LogP contribution in [0.25, 0.3) is 5.70 Å². The Morgan fingerprint density at radius 2 is 1.88 bits per heavy atom. The largest absolute Gasteiger partial charge is 0.419 e. The molecule has 11 heteroatoms. The average molecular weight is 462 g/mol. The van der Waals surface area contributed by atoms with E-state index in [1.807, 2.05) is 6.92 Å². The lowest BCUT2D eigenvalue weighted by atomic mass is 10.1. The number of hydrazine groups is 1. The maximum Gasteiger partial charge on any atom is 0.419 e. The number of amides is 1. The third-order valence-electron chi connectivity index (χ3n) is 5.10. The van der Waals surface area contributed by atoms with Crippen molar-refractivity contribution in [3.05, 3.63) is 82.6 Å². The zero-order valence-electron chi connectivity index (χ0n) is 18.0. The standard InChI is InChI=1S/C22H22F4N6O/c1-12-4-5-14(21(33)30-15-6-7-18(23)17(9-15)22(24,25)26)8-20(12)32(28)11-19(27)16-10-29-31(3)13(16)2/h4-11H,27-28H2,1-3H3,(H,30,33)/b19-11-. The predicted molar refractivity (Wildman–Crippen MR) is 117 cm³/mol. The summed E-state index contributed by atoms with van der Waals surface area (Å²) in [5.41, 5.74) is 7.66. The van der Waals surface area contributed by atoms with Gasteiger partial charge in [-0.1, -0.05) is 6.07 Å². The molecule has 2 aromatic carbocycles. The zero-order chi connectivity index (χ0) is 24.5. The van der Waals surface area contributed by atoms with E-state index in [2.05, 4.69) is 10.4 Å². The molecule has 0 spiro atoms. The van der Waals surface area contributed by atoms with Crippen molar-refractivity contribution in [1.82, 2.24) is 9.78 Å². The van der Waals surface area contributed by atoms with Crippen molar-refractivity contribution in [3.63, 3.8) is 0 Å². The molecule has 1 heterocycles. The average Bonchev–Trinajstić information content (AvgIpc) is 3.07. The number of carbonyl (C=O) groups is 1. The molecule has 174 valence electrons. The molecule has 1 aromatic heterocycles. The fraction of sp³-hybridized carbons (Fsp3) is 0.182. The highest BCUT2D eigenvalue weighted by Gasteiger charge is 2.34. The van der Waals surface area contributed by atoms with E-state index >= 15 is 0 Å². The Morgan fingerprint density at radius 3 is 2.48 bits per heavy atom. The second-order valence-corrected chi connectivity index (χ2v) is 7.41. The maximum atomic E-state index is 13.5. The maximum absolute atomic E-state index is 13.5. The first-order chi connectivity index (χ1) is 15.4. The normalized spacial score (nSPS) is 12.1. The summed E-state index contributed by atoms with van der Waals surface area (Å²) in [5, 5.41) is 7.72. The van der Waals surface area contributed by atoms with E-state index in [1.165, 1.54) is 23.3 Å². The summed E-state index contributed by atoms with van der Waals surface area (Å²) in [5.74, 6) is 4.03. The molecule has 0 radical (unpaired) electrons. The first kappa shape index (κ1) is 23.8. The van der Waals surface area contributed by atoms with E-state index in [0.717, 1.165) is 17.3 Å². The van der Waals surface area contributed by atoms with Crippen LogP contribution in [0.5, 0.6) is 0 Å². The summed E-state index contributed by atoms with van der Waals surface area (Å²) in [6.07, 6.45) is -1.81. The molecule has 33 heavy (non-hydrogen) atoms. The Balaban J connectivity index is 1.86. The third kappa shape index (κ3) is 5.14. The molecule has 0 aliphatic carbocycles. The Bertz CT molecular complexity index is 1230. The van der Waals surface area contributed by atoms with Crippen LogP contribution in [0, 0.1) is 19.7 Å². The second-order valence-electron chi connectivity index (χ2n) is 7.41. The van der Waals surface area contributed by atoms with Crippen molar-refractivity contribution in [2.75, 3.05) is 10.3 Å². The van der Waals surface area contributed by atoms with E-state index in [9.17, 15) is 22.4 Å². The van der Waals surface area contributed by atoms with Crippen LogP contribution in [0.15, 0.2) is 48.8 Å². The lowest BCUT2D eigenvalue weighted by Gasteiger charge is -2.19. The highest BCUT2D eigenvalue weighted by molar-refractivity contribution is 6.05.